The molecule has 0 aliphatic carbocycles. The number of non-ortho nitro benzene ring substituents is 1. The molecule has 132 valence electrons. The maximum absolute atomic E-state index is 12.6. The van der Waals surface area contributed by atoms with Gasteiger partial charge in [0.2, 0.25) is 5.91 Å². The number of carbonyl (C=O) groups is 1. The molecule has 26 heavy (non-hydrogen) atoms. The van der Waals surface area contributed by atoms with E-state index in [9.17, 15) is 20.2 Å². The van der Waals surface area contributed by atoms with Crippen LogP contribution in [0.1, 0.15) is 22.6 Å². The van der Waals surface area contributed by atoms with Gasteiger partial charge in [-0.3, -0.25) is 14.9 Å². The minimum absolute atomic E-state index is 0.0259. The molecule has 1 aromatic heterocycles. The molecule has 2 heterocycles. The largest absolute Gasteiger partial charge is 0.311 e. The van der Waals surface area contributed by atoms with E-state index in [-0.39, 0.29) is 17.3 Å². The minimum Gasteiger partial charge on any atom is -0.311 e. The molecule has 0 atom stereocenters. The zero-order valence-electron chi connectivity index (χ0n) is 14.2. The molecule has 8 nitrogen and oxygen atoms in total. The lowest BCUT2D eigenvalue weighted by Crippen LogP contribution is -2.30. The van der Waals surface area contributed by atoms with Gasteiger partial charge in [0.05, 0.1) is 16.4 Å². The summed E-state index contributed by atoms with van der Waals surface area (Å²) in [5.74, 6) is 0.553. The summed E-state index contributed by atoms with van der Waals surface area (Å²) >= 11 is 1.20. The highest BCUT2D eigenvalue weighted by molar-refractivity contribution is 8.00. The second kappa shape index (κ2) is 7.09. The number of anilines is 1. The summed E-state index contributed by atoms with van der Waals surface area (Å²) in [5, 5.41) is 20.6. The standard InChI is InChI=1S/C17H15N5O3S/c1-10-14(8-18)17(20-11(2)19-10)26-9-16(23)21-6-5-12-7-13(22(24)25)3-4-15(12)21/h3-4,7H,5-6,9H2,1-2H3. The van der Waals surface area contributed by atoms with Crippen molar-refractivity contribution in [3.63, 3.8) is 0 Å². The molecule has 0 bridgehead atoms. The van der Waals surface area contributed by atoms with Gasteiger partial charge in [-0.05, 0) is 31.9 Å². The number of nitrogens with zero attached hydrogens (tertiary/aromatic N) is 5. The third-order valence-electron chi connectivity index (χ3n) is 4.08. The zero-order chi connectivity index (χ0) is 18.8. The molecule has 3 rings (SSSR count). The quantitative estimate of drug-likeness (QED) is 0.352. The van der Waals surface area contributed by atoms with Crippen LogP contribution in [0.15, 0.2) is 23.2 Å². The van der Waals surface area contributed by atoms with E-state index in [1.165, 1.54) is 23.9 Å². The first-order valence-electron chi connectivity index (χ1n) is 7.86. The summed E-state index contributed by atoms with van der Waals surface area (Å²) in [5.41, 5.74) is 2.50. The van der Waals surface area contributed by atoms with E-state index in [1.54, 1.807) is 24.8 Å². The molecule has 0 saturated carbocycles. The van der Waals surface area contributed by atoms with Crippen molar-refractivity contribution in [3.8, 4) is 6.07 Å². The number of amides is 1. The second-order valence-corrected chi connectivity index (χ2v) is 6.77. The van der Waals surface area contributed by atoms with E-state index in [0.717, 1.165) is 5.56 Å². The van der Waals surface area contributed by atoms with Crippen molar-refractivity contribution < 1.29 is 9.72 Å². The number of nitro benzene ring substituents is 1. The van der Waals surface area contributed by atoms with Gasteiger partial charge in [0.1, 0.15) is 22.5 Å². The lowest BCUT2D eigenvalue weighted by molar-refractivity contribution is -0.384. The SMILES string of the molecule is Cc1nc(C)c(C#N)c(SCC(=O)N2CCc3cc([N+](=O)[O-])ccc32)n1. The summed E-state index contributed by atoms with van der Waals surface area (Å²) in [6, 6.07) is 6.62. The first-order valence-corrected chi connectivity index (χ1v) is 8.85. The number of hydrogen-bond acceptors (Lipinski definition) is 7. The average Bonchev–Trinajstić information content (AvgIpc) is 3.02. The van der Waals surface area contributed by atoms with Crippen LogP contribution in [-0.2, 0) is 11.2 Å². The van der Waals surface area contributed by atoms with Crippen LogP contribution in [0.2, 0.25) is 0 Å². The number of nitro groups is 1. The van der Waals surface area contributed by atoms with E-state index in [4.69, 9.17) is 0 Å². The Morgan fingerprint density at radius 3 is 2.88 bits per heavy atom. The number of aromatic nitrogens is 2. The predicted molar refractivity (Wildman–Crippen MR) is 96.1 cm³/mol. The van der Waals surface area contributed by atoms with Gasteiger partial charge in [-0.1, -0.05) is 11.8 Å². The van der Waals surface area contributed by atoms with E-state index >= 15 is 0 Å². The van der Waals surface area contributed by atoms with Gasteiger partial charge in [0.25, 0.3) is 5.69 Å². The Morgan fingerprint density at radius 2 is 2.19 bits per heavy atom. The highest BCUT2D eigenvalue weighted by Gasteiger charge is 2.26. The molecule has 0 N–H and O–H groups in total. The number of nitriles is 1. The van der Waals surface area contributed by atoms with Gasteiger partial charge in [0.15, 0.2) is 0 Å². The van der Waals surface area contributed by atoms with Crippen molar-refractivity contribution in [1.82, 2.24) is 9.97 Å². The Kier molecular flexibility index (Phi) is 4.86. The lowest BCUT2D eigenvalue weighted by atomic mass is 10.1. The van der Waals surface area contributed by atoms with Crippen LogP contribution in [0.25, 0.3) is 0 Å². The summed E-state index contributed by atoms with van der Waals surface area (Å²) in [6.45, 7) is 3.97. The Morgan fingerprint density at radius 1 is 1.42 bits per heavy atom. The van der Waals surface area contributed by atoms with Crippen molar-refractivity contribution in [3.05, 3.63) is 51.0 Å². The lowest BCUT2D eigenvalue weighted by Gasteiger charge is -2.17. The van der Waals surface area contributed by atoms with Crippen LogP contribution in [-0.4, -0.2) is 33.1 Å². The molecule has 1 amide bonds. The normalized spacial score (nSPS) is 12.6. The molecule has 2 aromatic rings. The summed E-state index contributed by atoms with van der Waals surface area (Å²) in [4.78, 5) is 33.1. The smallest absolute Gasteiger partial charge is 0.269 e. The molecular weight excluding hydrogens is 354 g/mol. The highest BCUT2D eigenvalue weighted by atomic mass is 32.2. The summed E-state index contributed by atoms with van der Waals surface area (Å²) in [6.07, 6.45) is 0.586. The van der Waals surface area contributed by atoms with Gasteiger partial charge in [-0.2, -0.15) is 5.26 Å². The van der Waals surface area contributed by atoms with Crippen LogP contribution >= 0.6 is 11.8 Å². The zero-order valence-corrected chi connectivity index (χ0v) is 15.0. The molecule has 0 spiro atoms. The van der Waals surface area contributed by atoms with Crippen molar-refractivity contribution in [2.24, 2.45) is 0 Å². The van der Waals surface area contributed by atoms with E-state index in [1.807, 2.05) is 0 Å². The molecule has 0 unspecified atom stereocenters. The van der Waals surface area contributed by atoms with Crippen LogP contribution < -0.4 is 4.90 Å². The number of thioether (sulfide) groups is 1. The average molecular weight is 369 g/mol. The fourth-order valence-corrected chi connectivity index (χ4v) is 3.83. The number of benzene rings is 1. The number of aryl methyl sites for hydroxylation is 2. The topological polar surface area (TPSA) is 113 Å². The monoisotopic (exact) mass is 369 g/mol. The van der Waals surface area contributed by atoms with Gasteiger partial charge in [-0.25, -0.2) is 9.97 Å². The van der Waals surface area contributed by atoms with E-state index < -0.39 is 4.92 Å². The summed E-state index contributed by atoms with van der Waals surface area (Å²) in [7, 11) is 0. The Labute approximate surface area is 154 Å². The third kappa shape index (κ3) is 3.36. The van der Waals surface area contributed by atoms with Gasteiger partial charge in [0, 0.05) is 24.4 Å². The van der Waals surface area contributed by atoms with Crippen molar-refractivity contribution in [1.29, 1.82) is 5.26 Å². The molecule has 0 saturated heterocycles. The molecular formula is C17H15N5O3S. The van der Waals surface area contributed by atoms with Crippen LogP contribution in [0, 0.1) is 35.3 Å². The number of rotatable bonds is 4. The van der Waals surface area contributed by atoms with Crippen LogP contribution in [0.5, 0.6) is 0 Å². The van der Waals surface area contributed by atoms with Gasteiger partial charge < -0.3 is 4.90 Å². The number of carbonyl (C=O) groups excluding carboxylic acids is 1. The molecule has 1 aliphatic rings. The maximum atomic E-state index is 12.6. The number of hydrogen-bond donors (Lipinski definition) is 0. The van der Waals surface area contributed by atoms with Crippen LogP contribution in [0.4, 0.5) is 11.4 Å². The molecule has 0 fully saturated rings. The van der Waals surface area contributed by atoms with Gasteiger partial charge >= 0.3 is 0 Å². The Hall–Kier alpha value is -2.99. The predicted octanol–water partition coefficient (Wildman–Crippen LogP) is 2.55. The molecule has 9 heteroatoms. The molecule has 1 aliphatic heterocycles. The fraction of sp³-hybridized carbons (Fsp3) is 0.294. The Balaban J connectivity index is 1.76. The van der Waals surface area contributed by atoms with Gasteiger partial charge in [-0.15, -0.1) is 0 Å². The van der Waals surface area contributed by atoms with Crippen molar-refractivity contribution >= 4 is 29.0 Å². The second-order valence-electron chi connectivity index (χ2n) is 5.80. The first-order chi connectivity index (χ1) is 12.4. The molecule has 0 radical (unpaired) electrons. The maximum Gasteiger partial charge on any atom is 0.269 e. The van der Waals surface area contributed by atoms with Crippen molar-refractivity contribution in [2.45, 2.75) is 25.3 Å². The number of fused-ring (bicyclic) bond motifs is 1. The minimum atomic E-state index is -0.441. The van der Waals surface area contributed by atoms with E-state index in [0.29, 0.717) is 40.8 Å². The Bertz CT molecular complexity index is 954. The first kappa shape index (κ1) is 17.8. The van der Waals surface area contributed by atoms with Crippen molar-refractivity contribution in [2.75, 3.05) is 17.2 Å². The van der Waals surface area contributed by atoms with Crippen LogP contribution in [0.3, 0.4) is 0 Å². The highest BCUT2D eigenvalue weighted by Crippen LogP contribution is 2.32. The summed E-state index contributed by atoms with van der Waals surface area (Å²) < 4.78 is 0. The third-order valence-corrected chi connectivity index (χ3v) is 5.04. The molecule has 1 aromatic carbocycles. The van der Waals surface area contributed by atoms with E-state index in [2.05, 4.69) is 16.0 Å². The fourth-order valence-electron chi connectivity index (χ4n) is 2.88.